The van der Waals surface area contributed by atoms with Crippen molar-refractivity contribution >= 4 is 24.0 Å². The molecule has 0 spiro atoms. The highest BCUT2D eigenvalue weighted by molar-refractivity contribution is 5.93. The summed E-state index contributed by atoms with van der Waals surface area (Å²) in [5.74, 6) is -1.01. The number of anilines is 1. The summed E-state index contributed by atoms with van der Waals surface area (Å²) in [6, 6.07) is 14.5. The third kappa shape index (κ3) is 6.07. The van der Waals surface area contributed by atoms with Crippen molar-refractivity contribution in [3.8, 4) is 0 Å². The van der Waals surface area contributed by atoms with Crippen LogP contribution in [0.25, 0.3) is 0 Å². The van der Waals surface area contributed by atoms with E-state index in [1.54, 1.807) is 13.0 Å². The van der Waals surface area contributed by atoms with Crippen molar-refractivity contribution in [1.29, 1.82) is 0 Å². The van der Waals surface area contributed by atoms with Crippen LogP contribution < -0.4 is 11.1 Å². The van der Waals surface area contributed by atoms with Crippen LogP contribution in [0.5, 0.6) is 0 Å². The van der Waals surface area contributed by atoms with Gasteiger partial charge in [0, 0.05) is 11.7 Å². The molecule has 0 saturated heterocycles. The molecule has 2 aromatic rings. The normalized spacial score (nSPS) is 13.5. The number of para-hydroxylation sites is 1. The van der Waals surface area contributed by atoms with Crippen LogP contribution in [0, 0.1) is 5.92 Å². The van der Waals surface area contributed by atoms with E-state index in [2.05, 4.69) is 5.32 Å². The largest absolute Gasteiger partial charge is 0.393 e. The Labute approximate surface area is 150 Å². The minimum Gasteiger partial charge on any atom is -0.326 e. The summed E-state index contributed by atoms with van der Waals surface area (Å²) in [4.78, 5) is 12.4. The van der Waals surface area contributed by atoms with Gasteiger partial charge < -0.3 is 11.1 Å². The van der Waals surface area contributed by atoms with Crippen LogP contribution >= 0.6 is 12.4 Å². The van der Waals surface area contributed by atoms with Crippen molar-refractivity contribution in [3.63, 3.8) is 0 Å². The zero-order valence-electron chi connectivity index (χ0n) is 13.6. The highest BCUT2D eigenvalue weighted by Crippen LogP contribution is 2.27. The van der Waals surface area contributed by atoms with E-state index >= 15 is 0 Å². The molecule has 0 aliphatic rings. The van der Waals surface area contributed by atoms with Gasteiger partial charge >= 0.3 is 6.18 Å². The summed E-state index contributed by atoms with van der Waals surface area (Å²) < 4.78 is 37.9. The molecule has 25 heavy (non-hydrogen) atoms. The number of nitrogens with one attached hydrogen (secondary N) is 1. The van der Waals surface area contributed by atoms with Gasteiger partial charge in [-0.15, -0.1) is 12.4 Å². The van der Waals surface area contributed by atoms with Crippen molar-refractivity contribution < 1.29 is 18.0 Å². The lowest BCUT2D eigenvalue weighted by Crippen LogP contribution is -2.31. The zero-order valence-corrected chi connectivity index (χ0v) is 14.4. The Morgan fingerprint density at radius 1 is 1.08 bits per heavy atom. The third-order valence-corrected chi connectivity index (χ3v) is 3.80. The summed E-state index contributed by atoms with van der Waals surface area (Å²) in [5, 5.41) is 2.56. The van der Waals surface area contributed by atoms with Crippen LogP contribution in [0.3, 0.4) is 0 Å². The molecule has 0 heterocycles. The summed E-state index contributed by atoms with van der Waals surface area (Å²) in [6.07, 6.45) is -5.44. The standard InChI is InChI=1S/C18H19F3N2O.ClH/c1-12(16(22)13-7-3-2-4-8-13)17(24)23-15-10-6-5-9-14(15)11-18(19,20)21;/h2-10,12,16H,11,22H2,1H3,(H,23,24);1H. The second kappa shape index (κ2) is 8.87. The number of halogens is 4. The highest BCUT2D eigenvalue weighted by atomic mass is 35.5. The Morgan fingerprint density at radius 3 is 2.24 bits per heavy atom. The van der Waals surface area contributed by atoms with Crippen molar-refractivity contribution in [2.75, 3.05) is 5.32 Å². The topological polar surface area (TPSA) is 55.1 Å². The predicted octanol–water partition coefficient (Wildman–Crippen LogP) is 4.49. The quantitative estimate of drug-likeness (QED) is 0.812. The van der Waals surface area contributed by atoms with Crippen LogP contribution in [-0.2, 0) is 11.2 Å². The molecule has 2 aromatic carbocycles. The van der Waals surface area contributed by atoms with E-state index in [9.17, 15) is 18.0 Å². The number of alkyl halides is 3. The number of carbonyl (C=O) groups is 1. The Kier molecular flexibility index (Phi) is 7.45. The van der Waals surface area contributed by atoms with E-state index in [0.29, 0.717) is 0 Å². The minimum atomic E-state index is -4.34. The first-order valence-corrected chi connectivity index (χ1v) is 7.54. The molecule has 0 radical (unpaired) electrons. The molecule has 0 saturated carbocycles. The van der Waals surface area contributed by atoms with Gasteiger partial charge in [-0.3, -0.25) is 4.79 Å². The average Bonchev–Trinajstić information content (AvgIpc) is 2.54. The maximum atomic E-state index is 12.6. The van der Waals surface area contributed by atoms with Gasteiger partial charge in [-0.25, -0.2) is 0 Å². The first-order chi connectivity index (χ1) is 11.3. The van der Waals surface area contributed by atoms with E-state index in [0.717, 1.165) is 5.56 Å². The molecule has 1 amide bonds. The second-order valence-electron chi connectivity index (χ2n) is 5.66. The molecule has 7 heteroatoms. The van der Waals surface area contributed by atoms with Crippen molar-refractivity contribution in [2.45, 2.75) is 25.6 Å². The lowest BCUT2D eigenvalue weighted by atomic mass is 9.94. The molecule has 3 N–H and O–H groups in total. The molecule has 0 aromatic heterocycles. The summed E-state index contributed by atoms with van der Waals surface area (Å²) in [5.41, 5.74) is 7.07. The van der Waals surface area contributed by atoms with Gasteiger partial charge in [0.05, 0.1) is 12.3 Å². The number of hydrogen-bond acceptors (Lipinski definition) is 2. The van der Waals surface area contributed by atoms with E-state index in [1.807, 2.05) is 30.3 Å². The van der Waals surface area contributed by atoms with Gasteiger partial charge in [0.25, 0.3) is 0 Å². The maximum Gasteiger partial charge on any atom is 0.393 e. The minimum absolute atomic E-state index is 0. The van der Waals surface area contributed by atoms with E-state index in [4.69, 9.17) is 5.73 Å². The second-order valence-corrected chi connectivity index (χ2v) is 5.66. The first-order valence-electron chi connectivity index (χ1n) is 7.54. The van der Waals surface area contributed by atoms with Gasteiger partial charge in [-0.05, 0) is 17.2 Å². The molecule has 136 valence electrons. The Bertz CT molecular complexity index is 692. The summed E-state index contributed by atoms with van der Waals surface area (Å²) in [7, 11) is 0. The molecule has 2 unspecified atom stereocenters. The van der Waals surface area contributed by atoms with Gasteiger partial charge in [-0.2, -0.15) is 13.2 Å². The molecular weight excluding hydrogens is 353 g/mol. The molecule has 0 aliphatic carbocycles. The lowest BCUT2D eigenvalue weighted by Gasteiger charge is -2.21. The molecule has 3 nitrogen and oxygen atoms in total. The van der Waals surface area contributed by atoms with Crippen LogP contribution in [0.2, 0.25) is 0 Å². The van der Waals surface area contributed by atoms with Crippen molar-refractivity contribution in [1.82, 2.24) is 0 Å². The zero-order chi connectivity index (χ0) is 17.7. The van der Waals surface area contributed by atoms with Gasteiger partial charge in [0.1, 0.15) is 0 Å². The molecule has 0 fully saturated rings. The lowest BCUT2D eigenvalue weighted by molar-refractivity contribution is -0.127. The number of amides is 1. The van der Waals surface area contributed by atoms with E-state index in [-0.39, 0.29) is 23.7 Å². The number of nitrogens with two attached hydrogens (primary N) is 1. The van der Waals surface area contributed by atoms with Crippen LogP contribution in [0.15, 0.2) is 54.6 Å². The number of rotatable bonds is 5. The fourth-order valence-corrected chi connectivity index (χ4v) is 2.39. The number of hydrogen-bond donors (Lipinski definition) is 2. The Hall–Kier alpha value is -2.05. The number of benzene rings is 2. The fraction of sp³-hybridized carbons (Fsp3) is 0.278. The monoisotopic (exact) mass is 372 g/mol. The maximum absolute atomic E-state index is 12.6. The fourth-order valence-electron chi connectivity index (χ4n) is 2.39. The molecule has 2 atom stereocenters. The summed E-state index contributed by atoms with van der Waals surface area (Å²) >= 11 is 0. The number of carbonyl (C=O) groups excluding carboxylic acids is 1. The Morgan fingerprint density at radius 2 is 1.64 bits per heavy atom. The smallest absolute Gasteiger partial charge is 0.326 e. The summed E-state index contributed by atoms with van der Waals surface area (Å²) in [6.45, 7) is 1.65. The average molecular weight is 373 g/mol. The van der Waals surface area contributed by atoms with E-state index in [1.165, 1.54) is 18.2 Å². The van der Waals surface area contributed by atoms with Crippen molar-refractivity contribution in [3.05, 3.63) is 65.7 Å². The molecular formula is C18H20ClF3N2O. The van der Waals surface area contributed by atoms with Crippen LogP contribution in [0.4, 0.5) is 18.9 Å². The third-order valence-electron chi connectivity index (χ3n) is 3.80. The Balaban J connectivity index is 0.00000312. The predicted molar refractivity (Wildman–Crippen MR) is 94.6 cm³/mol. The van der Waals surface area contributed by atoms with Crippen molar-refractivity contribution in [2.24, 2.45) is 11.7 Å². The highest BCUT2D eigenvalue weighted by Gasteiger charge is 2.29. The van der Waals surface area contributed by atoms with E-state index < -0.39 is 30.5 Å². The van der Waals surface area contributed by atoms with Gasteiger partial charge in [0.15, 0.2) is 0 Å². The molecule has 2 rings (SSSR count). The van der Waals surface area contributed by atoms with Crippen LogP contribution in [-0.4, -0.2) is 12.1 Å². The molecule has 0 bridgehead atoms. The molecule has 0 aliphatic heterocycles. The van der Waals surface area contributed by atoms with Gasteiger partial charge in [0.2, 0.25) is 5.91 Å². The van der Waals surface area contributed by atoms with Crippen LogP contribution in [0.1, 0.15) is 24.1 Å². The van der Waals surface area contributed by atoms with Gasteiger partial charge in [-0.1, -0.05) is 55.5 Å². The SMILES string of the molecule is CC(C(=O)Nc1ccccc1CC(F)(F)F)C(N)c1ccccc1.Cl. The first kappa shape index (κ1) is 21.0.